The maximum absolute atomic E-state index is 5.58. The van der Waals surface area contributed by atoms with Gasteiger partial charge >= 0.3 is 0 Å². The Labute approximate surface area is 107 Å². The smallest absolute Gasteiger partial charge is 0.118 e. The van der Waals surface area contributed by atoms with Crippen molar-refractivity contribution < 1.29 is 4.42 Å². The fourth-order valence-corrected chi connectivity index (χ4v) is 2.69. The predicted molar refractivity (Wildman–Crippen MR) is 71.9 cm³/mol. The Balaban J connectivity index is 2.43. The number of alkyl halides is 1. The molecule has 0 radical (unpaired) electrons. The van der Waals surface area contributed by atoms with Crippen LogP contribution in [0.1, 0.15) is 25.4 Å². The molecule has 3 heteroatoms. The number of hydrogen-bond donors (Lipinski definition) is 0. The number of aryl methyl sites for hydroxylation is 1. The highest BCUT2D eigenvalue weighted by Gasteiger charge is 2.15. The summed E-state index contributed by atoms with van der Waals surface area (Å²) in [7, 11) is 2.15. The average molecular weight is 288 g/mol. The molecular weight excluding hydrogens is 266 g/mol. The minimum atomic E-state index is 0.695. The molecule has 2 nitrogen and oxygen atoms in total. The minimum Gasteiger partial charge on any atom is -0.465 e. The number of halogens is 1. The van der Waals surface area contributed by atoms with Gasteiger partial charge in [-0.1, -0.05) is 29.8 Å². The third kappa shape index (κ3) is 4.30. The molecule has 0 bridgehead atoms. The van der Waals surface area contributed by atoms with Gasteiger partial charge in [0.2, 0.25) is 0 Å². The van der Waals surface area contributed by atoms with Crippen molar-refractivity contribution in [2.75, 3.05) is 18.9 Å². The van der Waals surface area contributed by atoms with Crippen LogP contribution in [0.15, 0.2) is 16.5 Å². The fraction of sp³-hybridized carbons (Fsp3) is 0.692. The van der Waals surface area contributed by atoms with Gasteiger partial charge in [0.15, 0.2) is 0 Å². The predicted octanol–water partition coefficient (Wildman–Crippen LogP) is 3.69. The number of nitrogens with zero attached hydrogens (tertiary/aromatic N) is 1. The van der Waals surface area contributed by atoms with Crippen molar-refractivity contribution in [2.45, 2.75) is 27.3 Å². The van der Waals surface area contributed by atoms with Crippen molar-refractivity contribution in [3.05, 3.63) is 23.7 Å². The largest absolute Gasteiger partial charge is 0.465 e. The summed E-state index contributed by atoms with van der Waals surface area (Å²) in [4.78, 5) is 2.32. The molecule has 1 rings (SSSR count). The van der Waals surface area contributed by atoms with Gasteiger partial charge in [-0.15, -0.1) is 0 Å². The summed E-state index contributed by atoms with van der Waals surface area (Å²) in [6.45, 7) is 8.53. The van der Waals surface area contributed by atoms with Crippen LogP contribution in [0.4, 0.5) is 0 Å². The zero-order chi connectivity index (χ0) is 12.1. The van der Waals surface area contributed by atoms with Gasteiger partial charge in [0.25, 0.3) is 0 Å². The second-order valence-corrected chi connectivity index (χ2v) is 5.51. The van der Waals surface area contributed by atoms with E-state index in [0.29, 0.717) is 11.8 Å². The number of hydrogen-bond acceptors (Lipinski definition) is 2. The third-order valence-corrected chi connectivity index (χ3v) is 3.74. The van der Waals surface area contributed by atoms with Crippen LogP contribution >= 0.6 is 15.9 Å². The quantitative estimate of drug-likeness (QED) is 0.742. The molecular formula is C13H22BrNO. The van der Waals surface area contributed by atoms with E-state index in [9.17, 15) is 0 Å². The molecule has 0 aliphatic carbocycles. The molecule has 1 atom stereocenters. The van der Waals surface area contributed by atoms with E-state index in [-0.39, 0.29) is 0 Å². The number of rotatable bonds is 6. The first-order valence-corrected chi connectivity index (χ1v) is 6.95. The molecule has 1 aromatic heterocycles. The molecule has 0 spiro atoms. The molecule has 0 saturated heterocycles. The molecule has 1 aromatic rings. The van der Waals surface area contributed by atoms with E-state index in [1.165, 1.54) is 0 Å². The molecule has 0 aliphatic heterocycles. The zero-order valence-corrected chi connectivity index (χ0v) is 12.3. The SMILES string of the molecule is Cc1ccc(CN(C)CC(CBr)C(C)C)o1. The Bertz CT molecular complexity index is 309. The van der Waals surface area contributed by atoms with Crippen molar-refractivity contribution in [3.8, 4) is 0 Å². The first-order chi connectivity index (χ1) is 7.52. The summed E-state index contributed by atoms with van der Waals surface area (Å²) >= 11 is 3.58. The second kappa shape index (κ2) is 6.45. The Morgan fingerprint density at radius 1 is 1.38 bits per heavy atom. The molecule has 1 heterocycles. The van der Waals surface area contributed by atoms with Gasteiger partial charge in [0, 0.05) is 11.9 Å². The van der Waals surface area contributed by atoms with Gasteiger partial charge in [-0.05, 0) is 37.9 Å². The monoisotopic (exact) mass is 287 g/mol. The highest BCUT2D eigenvalue weighted by molar-refractivity contribution is 9.09. The van der Waals surface area contributed by atoms with Crippen molar-refractivity contribution in [1.29, 1.82) is 0 Å². The fourth-order valence-electron chi connectivity index (χ4n) is 1.74. The standard InChI is InChI=1S/C13H22BrNO/c1-10(2)12(7-14)8-15(4)9-13-6-5-11(3)16-13/h5-6,10,12H,7-9H2,1-4H3. The molecule has 1 unspecified atom stereocenters. The molecule has 0 aromatic carbocycles. The van der Waals surface area contributed by atoms with E-state index in [1.54, 1.807) is 0 Å². The topological polar surface area (TPSA) is 16.4 Å². The summed E-state index contributed by atoms with van der Waals surface area (Å²) in [6.07, 6.45) is 0. The molecule has 0 saturated carbocycles. The summed E-state index contributed by atoms with van der Waals surface area (Å²) in [5.74, 6) is 3.45. The normalized spacial score (nSPS) is 13.7. The van der Waals surface area contributed by atoms with Crippen molar-refractivity contribution in [2.24, 2.45) is 11.8 Å². The molecule has 0 N–H and O–H groups in total. The minimum absolute atomic E-state index is 0.695. The maximum atomic E-state index is 5.58. The first-order valence-electron chi connectivity index (χ1n) is 5.82. The van der Waals surface area contributed by atoms with Crippen LogP contribution in [0.25, 0.3) is 0 Å². The summed E-state index contributed by atoms with van der Waals surface area (Å²) < 4.78 is 5.58. The van der Waals surface area contributed by atoms with Crippen molar-refractivity contribution in [3.63, 3.8) is 0 Å². The van der Waals surface area contributed by atoms with E-state index in [2.05, 4.69) is 47.8 Å². The van der Waals surface area contributed by atoms with Gasteiger partial charge in [-0.25, -0.2) is 0 Å². The van der Waals surface area contributed by atoms with Crippen LogP contribution in [0.2, 0.25) is 0 Å². The van der Waals surface area contributed by atoms with Gasteiger partial charge in [-0.3, -0.25) is 4.90 Å². The molecule has 92 valence electrons. The van der Waals surface area contributed by atoms with E-state index in [4.69, 9.17) is 4.42 Å². The molecule has 16 heavy (non-hydrogen) atoms. The van der Waals surface area contributed by atoms with Crippen molar-refractivity contribution in [1.82, 2.24) is 4.90 Å². The van der Waals surface area contributed by atoms with E-state index in [0.717, 1.165) is 29.9 Å². The van der Waals surface area contributed by atoms with Gasteiger partial charge < -0.3 is 4.42 Å². The van der Waals surface area contributed by atoms with Crippen molar-refractivity contribution >= 4 is 15.9 Å². The number of furan rings is 1. The summed E-state index contributed by atoms with van der Waals surface area (Å²) in [5.41, 5.74) is 0. The lowest BCUT2D eigenvalue weighted by Gasteiger charge is -2.24. The Kier molecular flexibility index (Phi) is 5.56. The van der Waals surface area contributed by atoms with E-state index >= 15 is 0 Å². The lowest BCUT2D eigenvalue weighted by Crippen LogP contribution is -2.29. The lowest BCUT2D eigenvalue weighted by atomic mass is 9.98. The summed E-state index contributed by atoms with van der Waals surface area (Å²) in [6, 6.07) is 4.08. The van der Waals surface area contributed by atoms with Crippen LogP contribution in [0, 0.1) is 18.8 Å². The second-order valence-electron chi connectivity index (χ2n) is 4.87. The Hall–Kier alpha value is -0.280. The van der Waals surface area contributed by atoms with Crippen LogP contribution in [-0.2, 0) is 6.54 Å². The van der Waals surface area contributed by atoms with Gasteiger partial charge in [0.05, 0.1) is 6.54 Å². The van der Waals surface area contributed by atoms with E-state index in [1.807, 2.05) is 13.0 Å². The van der Waals surface area contributed by atoms with Gasteiger partial charge in [-0.2, -0.15) is 0 Å². The third-order valence-electron chi connectivity index (χ3n) is 2.91. The molecule has 0 amide bonds. The Morgan fingerprint density at radius 3 is 2.50 bits per heavy atom. The molecule has 0 aliphatic rings. The summed E-state index contributed by atoms with van der Waals surface area (Å²) in [5, 5.41) is 1.06. The van der Waals surface area contributed by atoms with Gasteiger partial charge in [0.1, 0.15) is 11.5 Å². The zero-order valence-electron chi connectivity index (χ0n) is 10.7. The molecule has 0 fully saturated rings. The first kappa shape index (κ1) is 13.8. The lowest BCUT2D eigenvalue weighted by molar-refractivity contribution is 0.231. The highest BCUT2D eigenvalue weighted by atomic mass is 79.9. The van der Waals surface area contributed by atoms with Crippen LogP contribution in [0.5, 0.6) is 0 Å². The maximum Gasteiger partial charge on any atom is 0.118 e. The Morgan fingerprint density at radius 2 is 2.06 bits per heavy atom. The highest BCUT2D eigenvalue weighted by Crippen LogP contribution is 2.16. The van der Waals surface area contributed by atoms with Crippen LogP contribution in [-0.4, -0.2) is 23.8 Å². The van der Waals surface area contributed by atoms with Crippen LogP contribution < -0.4 is 0 Å². The average Bonchev–Trinajstić information content (AvgIpc) is 2.60. The van der Waals surface area contributed by atoms with Crippen LogP contribution in [0.3, 0.4) is 0 Å². The van der Waals surface area contributed by atoms with E-state index < -0.39 is 0 Å².